The number of ether oxygens (including phenoxy) is 1. The van der Waals surface area contributed by atoms with E-state index >= 15 is 0 Å². The molecule has 0 unspecified atom stereocenters. The van der Waals surface area contributed by atoms with Crippen molar-refractivity contribution in [1.29, 1.82) is 0 Å². The van der Waals surface area contributed by atoms with Crippen molar-refractivity contribution >= 4 is 5.69 Å². The quantitative estimate of drug-likeness (QED) is 0.885. The molecule has 2 aromatic carbocycles. The molecule has 18 heavy (non-hydrogen) atoms. The maximum atomic E-state index is 13.0. The minimum Gasteiger partial charge on any atom is -0.497 e. The van der Waals surface area contributed by atoms with E-state index in [9.17, 15) is 4.39 Å². The summed E-state index contributed by atoms with van der Waals surface area (Å²) < 4.78 is 18.1. The van der Waals surface area contributed by atoms with Gasteiger partial charge < -0.3 is 10.1 Å². The van der Waals surface area contributed by atoms with Gasteiger partial charge >= 0.3 is 0 Å². The van der Waals surface area contributed by atoms with Crippen LogP contribution in [0.25, 0.3) is 0 Å². The molecule has 2 rings (SSSR count). The first-order valence-electron chi connectivity index (χ1n) is 5.82. The molecule has 0 atom stereocenters. The van der Waals surface area contributed by atoms with Crippen LogP contribution in [0.5, 0.6) is 5.75 Å². The monoisotopic (exact) mass is 245 g/mol. The molecule has 0 aliphatic carbocycles. The van der Waals surface area contributed by atoms with E-state index in [0.29, 0.717) is 6.54 Å². The van der Waals surface area contributed by atoms with E-state index in [1.54, 1.807) is 13.2 Å². The number of rotatable bonds is 4. The summed E-state index contributed by atoms with van der Waals surface area (Å²) in [4.78, 5) is 0. The van der Waals surface area contributed by atoms with Gasteiger partial charge in [-0.25, -0.2) is 4.39 Å². The molecule has 2 nitrogen and oxygen atoms in total. The lowest BCUT2D eigenvalue weighted by Crippen LogP contribution is -2.01. The van der Waals surface area contributed by atoms with Gasteiger partial charge in [0.1, 0.15) is 11.6 Å². The fourth-order valence-corrected chi connectivity index (χ4v) is 1.81. The molecule has 0 bridgehead atoms. The van der Waals surface area contributed by atoms with E-state index in [1.165, 1.54) is 12.1 Å². The van der Waals surface area contributed by atoms with Crippen LogP contribution in [-0.2, 0) is 6.54 Å². The summed E-state index contributed by atoms with van der Waals surface area (Å²) in [6, 6.07) is 12.6. The molecule has 0 radical (unpaired) electrons. The molecule has 0 saturated heterocycles. The Labute approximate surface area is 106 Å². The predicted octanol–water partition coefficient (Wildman–Crippen LogP) is 3.75. The molecule has 0 amide bonds. The predicted molar refractivity (Wildman–Crippen MR) is 71.5 cm³/mol. The fraction of sp³-hybridized carbons (Fsp3) is 0.200. The van der Waals surface area contributed by atoms with Gasteiger partial charge in [0.25, 0.3) is 0 Å². The summed E-state index contributed by atoms with van der Waals surface area (Å²) >= 11 is 0. The van der Waals surface area contributed by atoms with Crippen LogP contribution in [-0.4, -0.2) is 7.11 Å². The maximum absolute atomic E-state index is 13.0. The van der Waals surface area contributed by atoms with Crippen LogP contribution in [0.3, 0.4) is 0 Å². The van der Waals surface area contributed by atoms with Crippen LogP contribution in [0.1, 0.15) is 11.1 Å². The molecule has 0 aliphatic heterocycles. The number of benzene rings is 2. The van der Waals surface area contributed by atoms with Gasteiger partial charge in [-0.3, -0.25) is 0 Å². The smallest absolute Gasteiger partial charge is 0.123 e. The second kappa shape index (κ2) is 5.54. The third-order valence-electron chi connectivity index (χ3n) is 2.81. The van der Waals surface area contributed by atoms with Crippen LogP contribution in [0, 0.1) is 12.7 Å². The van der Waals surface area contributed by atoms with Crippen LogP contribution in [0.4, 0.5) is 10.1 Å². The maximum Gasteiger partial charge on any atom is 0.123 e. The van der Waals surface area contributed by atoms with Crippen LogP contribution >= 0.6 is 0 Å². The second-order valence-electron chi connectivity index (χ2n) is 4.16. The standard InChI is InChI=1S/C15H16FNO/c1-11-8-13(16)6-7-15(11)17-10-12-4-3-5-14(9-12)18-2/h3-9,17H,10H2,1-2H3. The number of hydrogen-bond acceptors (Lipinski definition) is 2. The topological polar surface area (TPSA) is 21.3 Å². The van der Waals surface area contributed by atoms with Crippen molar-refractivity contribution < 1.29 is 9.13 Å². The van der Waals surface area contributed by atoms with Crippen LogP contribution < -0.4 is 10.1 Å². The van der Waals surface area contributed by atoms with Crippen molar-refractivity contribution in [2.24, 2.45) is 0 Å². The van der Waals surface area contributed by atoms with Crippen LogP contribution in [0.2, 0.25) is 0 Å². The van der Waals surface area contributed by atoms with E-state index in [2.05, 4.69) is 5.32 Å². The third-order valence-corrected chi connectivity index (χ3v) is 2.81. The van der Waals surface area contributed by atoms with Crippen molar-refractivity contribution in [3.63, 3.8) is 0 Å². The third kappa shape index (κ3) is 3.00. The van der Waals surface area contributed by atoms with E-state index in [0.717, 1.165) is 22.6 Å². The van der Waals surface area contributed by atoms with Crippen LogP contribution in [0.15, 0.2) is 42.5 Å². The summed E-state index contributed by atoms with van der Waals surface area (Å²) in [5.41, 5.74) is 2.97. The van der Waals surface area contributed by atoms with Crippen molar-refractivity contribution in [2.75, 3.05) is 12.4 Å². The highest BCUT2D eigenvalue weighted by atomic mass is 19.1. The van der Waals surface area contributed by atoms with Gasteiger partial charge in [0.2, 0.25) is 0 Å². The summed E-state index contributed by atoms with van der Waals surface area (Å²) in [5, 5.41) is 3.29. The molecule has 0 aromatic heterocycles. The zero-order chi connectivity index (χ0) is 13.0. The minimum atomic E-state index is -0.209. The molecule has 3 heteroatoms. The summed E-state index contributed by atoms with van der Waals surface area (Å²) in [6.45, 7) is 2.57. The lowest BCUT2D eigenvalue weighted by molar-refractivity contribution is 0.414. The van der Waals surface area contributed by atoms with Gasteiger partial charge in [-0.1, -0.05) is 12.1 Å². The van der Waals surface area contributed by atoms with E-state index in [1.807, 2.05) is 31.2 Å². The Bertz CT molecular complexity index is 540. The normalized spacial score (nSPS) is 10.2. The second-order valence-corrected chi connectivity index (χ2v) is 4.16. The van der Waals surface area contributed by atoms with Gasteiger partial charge in [0.05, 0.1) is 7.11 Å². The molecule has 0 spiro atoms. The molecular weight excluding hydrogens is 229 g/mol. The number of anilines is 1. The average molecular weight is 245 g/mol. The molecule has 2 aromatic rings. The number of aryl methyl sites for hydroxylation is 1. The molecule has 0 fully saturated rings. The van der Waals surface area contributed by atoms with Gasteiger partial charge in [-0.2, -0.15) is 0 Å². The highest BCUT2D eigenvalue weighted by molar-refractivity contribution is 5.51. The van der Waals surface area contributed by atoms with Crippen molar-refractivity contribution in [2.45, 2.75) is 13.5 Å². The first-order chi connectivity index (χ1) is 8.69. The average Bonchev–Trinajstić information content (AvgIpc) is 2.38. The number of methoxy groups -OCH3 is 1. The Morgan fingerprint density at radius 1 is 1.17 bits per heavy atom. The molecule has 94 valence electrons. The molecule has 0 saturated carbocycles. The minimum absolute atomic E-state index is 0.209. The van der Waals surface area contributed by atoms with Crippen molar-refractivity contribution in [1.82, 2.24) is 0 Å². The zero-order valence-electron chi connectivity index (χ0n) is 10.5. The van der Waals surface area contributed by atoms with Gasteiger partial charge in [0.15, 0.2) is 0 Å². The lowest BCUT2D eigenvalue weighted by Gasteiger charge is -2.10. The highest BCUT2D eigenvalue weighted by Crippen LogP contribution is 2.18. The number of nitrogens with one attached hydrogen (secondary N) is 1. The molecular formula is C15H16FNO. The van der Waals surface area contributed by atoms with Crippen molar-refractivity contribution in [3.05, 3.63) is 59.4 Å². The van der Waals surface area contributed by atoms with Gasteiger partial charge in [0, 0.05) is 12.2 Å². The number of halogens is 1. The Kier molecular flexibility index (Phi) is 3.82. The molecule has 0 heterocycles. The van der Waals surface area contributed by atoms with E-state index < -0.39 is 0 Å². The Balaban J connectivity index is 2.06. The van der Waals surface area contributed by atoms with Gasteiger partial charge in [-0.15, -0.1) is 0 Å². The largest absolute Gasteiger partial charge is 0.497 e. The Morgan fingerprint density at radius 3 is 2.72 bits per heavy atom. The number of hydrogen-bond donors (Lipinski definition) is 1. The first-order valence-corrected chi connectivity index (χ1v) is 5.82. The Morgan fingerprint density at radius 2 is 2.00 bits per heavy atom. The molecule has 1 N–H and O–H groups in total. The fourth-order valence-electron chi connectivity index (χ4n) is 1.81. The summed E-state index contributed by atoms with van der Waals surface area (Å²) in [5.74, 6) is 0.629. The van der Waals surface area contributed by atoms with Gasteiger partial charge in [-0.05, 0) is 48.4 Å². The zero-order valence-corrected chi connectivity index (χ0v) is 10.5. The lowest BCUT2D eigenvalue weighted by atomic mass is 10.1. The van der Waals surface area contributed by atoms with E-state index in [4.69, 9.17) is 4.74 Å². The van der Waals surface area contributed by atoms with Crippen molar-refractivity contribution in [3.8, 4) is 5.75 Å². The first kappa shape index (κ1) is 12.4. The molecule has 0 aliphatic rings. The highest BCUT2D eigenvalue weighted by Gasteiger charge is 2.00. The summed E-state index contributed by atoms with van der Waals surface area (Å²) in [7, 11) is 1.65. The van der Waals surface area contributed by atoms with E-state index in [-0.39, 0.29) is 5.82 Å². The summed E-state index contributed by atoms with van der Waals surface area (Å²) in [6.07, 6.45) is 0. The SMILES string of the molecule is COc1cccc(CNc2ccc(F)cc2C)c1. The Hall–Kier alpha value is -2.03.